The molecule has 0 saturated heterocycles. The van der Waals surface area contributed by atoms with Gasteiger partial charge in [0.2, 0.25) is 5.78 Å². The van der Waals surface area contributed by atoms with Crippen LogP contribution in [0.25, 0.3) is 0 Å². The van der Waals surface area contributed by atoms with Crippen LogP contribution in [-0.4, -0.2) is 36.0 Å². The predicted molar refractivity (Wildman–Crippen MR) is 86.8 cm³/mol. The van der Waals surface area contributed by atoms with Gasteiger partial charge in [-0.3, -0.25) is 9.10 Å². The van der Waals surface area contributed by atoms with Crippen molar-refractivity contribution < 1.29 is 53.4 Å². The Morgan fingerprint density at radius 1 is 1.32 bits per heavy atom. The number of sulfonamides is 1. The van der Waals surface area contributed by atoms with Gasteiger partial charge in [0.1, 0.15) is 5.70 Å². The standard InChI is InChI=1S/C14H13N3O4S2.Na.H2O/c1-8-7-15-14(22-8)16-13(19)11-12(18)9-5-3-4-6-10(9)23(20,21)17(11)2;;/h3-7,19H,1-2H3,(H,15,16);;1H2/q;+1;/p-1/b13-11+;;. The van der Waals surface area contributed by atoms with Crippen LogP contribution in [0.3, 0.4) is 0 Å². The van der Waals surface area contributed by atoms with E-state index in [9.17, 15) is 18.3 Å². The molecule has 3 rings (SSSR count). The summed E-state index contributed by atoms with van der Waals surface area (Å²) < 4.78 is 25.7. The number of likely N-dealkylation sites (N-methyl/N-ethyl adjacent to an activating group) is 1. The number of nitrogens with zero attached hydrogens (tertiary/aromatic N) is 2. The van der Waals surface area contributed by atoms with E-state index in [4.69, 9.17) is 0 Å². The van der Waals surface area contributed by atoms with E-state index in [1.807, 2.05) is 6.92 Å². The number of Topliss-reactive ketones (excluding diaryl/α,β-unsaturated/α-hetero) is 1. The number of hydrogen-bond acceptors (Lipinski definition) is 7. The molecule has 25 heavy (non-hydrogen) atoms. The molecule has 0 fully saturated rings. The second-order valence-electron chi connectivity index (χ2n) is 4.88. The number of fused-ring (bicyclic) bond motifs is 1. The van der Waals surface area contributed by atoms with Crippen molar-refractivity contribution in [1.82, 2.24) is 9.29 Å². The van der Waals surface area contributed by atoms with Gasteiger partial charge in [0.15, 0.2) is 5.13 Å². The molecule has 0 radical (unpaired) electrons. The molecule has 0 saturated carbocycles. The van der Waals surface area contributed by atoms with Gasteiger partial charge in [-0.1, -0.05) is 12.1 Å². The van der Waals surface area contributed by atoms with Crippen LogP contribution in [0.1, 0.15) is 15.2 Å². The van der Waals surface area contributed by atoms with E-state index in [0.717, 1.165) is 4.88 Å². The maximum atomic E-state index is 12.5. The first-order chi connectivity index (χ1) is 10.8. The van der Waals surface area contributed by atoms with E-state index in [2.05, 4.69) is 10.3 Å². The Balaban J connectivity index is 0.00000156. The van der Waals surface area contributed by atoms with Crippen molar-refractivity contribution in [3.63, 3.8) is 0 Å². The summed E-state index contributed by atoms with van der Waals surface area (Å²) in [5.74, 6) is -1.44. The molecule has 0 spiro atoms. The minimum atomic E-state index is -3.94. The summed E-state index contributed by atoms with van der Waals surface area (Å²) in [7, 11) is -2.75. The van der Waals surface area contributed by atoms with Crippen LogP contribution in [0.5, 0.6) is 0 Å². The third-order valence-corrected chi connectivity index (χ3v) is 6.00. The van der Waals surface area contributed by atoms with Crippen LogP contribution >= 0.6 is 11.3 Å². The predicted octanol–water partition coefficient (Wildman–Crippen LogP) is -2.91. The Hall–Kier alpha value is -1.43. The molecule has 3 N–H and O–H groups in total. The number of thiazole rings is 1. The van der Waals surface area contributed by atoms with Gasteiger partial charge in [0.05, 0.1) is 4.90 Å². The number of nitrogens with one attached hydrogen (secondary N) is 1. The van der Waals surface area contributed by atoms with E-state index in [0.29, 0.717) is 9.44 Å². The van der Waals surface area contributed by atoms with Gasteiger partial charge in [0, 0.05) is 23.7 Å². The summed E-state index contributed by atoms with van der Waals surface area (Å²) >= 11 is 1.23. The maximum absolute atomic E-state index is 12.5. The number of benzene rings is 1. The molecule has 8 nitrogen and oxygen atoms in total. The molecule has 0 bridgehead atoms. The zero-order valence-corrected chi connectivity index (χ0v) is 17.4. The Morgan fingerprint density at radius 3 is 2.56 bits per heavy atom. The number of anilines is 1. The van der Waals surface area contributed by atoms with E-state index in [-0.39, 0.29) is 45.5 Å². The molecule has 128 valence electrons. The molecule has 0 unspecified atom stereocenters. The molecule has 0 amide bonds. The van der Waals surface area contributed by atoms with Gasteiger partial charge in [-0.05, 0) is 24.9 Å². The summed E-state index contributed by atoms with van der Waals surface area (Å²) in [5.41, 5.74) is -0.456. The second-order valence-corrected chi connectivity index (χ2v) is 8.05. The summed E-state index contributed by atoms with van der Waals surface area (Å²) in [6, 6.07) is 5.82. The molecule has 1 aromatic heterocycles. The third-order valence-electron chi connectivity index (χ3n) is 3.36. The number of allylic oxidation sites excluding steroid dienone is 1. The van der Waals surface area contributed by atoms with Gasteiger partial charge >= 0.3 is 29.6 Å². The maximum Gasteiger partial charge on any atom is 1.00 e. The van der Waals surface area contributed by atoms with Crippen LogP contribution in [0, 0.1) is 6.92 Å². The van der Waals surface area contributed by atoms with Crippen molar-refractivity contribution in [2.24, 2.45) is 0 Å². The third kappa shape index (κ3) is 3.73. The average molecular weight is 391 g/mol. The molecule has 1 aliphatic rings. The quantitative estimate of drug-likeness (QED) is 0.331. The van der Waals surface area contributed by atoms with Gasteiger partial charge in [-0.25, -0.2) is 13.4 Å². The van der Waals surface area contributed by atoms with Crippen LogP contribution in [0.2, 0.25) is 0 Å². The number of ketones is 1. The summed E-state index contributed by atoms with van der Waals surface area (Å²) in [6.45, 7) is 1.82. The molecule has 1 aliphatic heterocycles. The Labute approximate surface area is 170 Å². The fourth-order valence-electron chi connectivity index (χ4n) is 2.23. The fraction of sp³-hybridized carbons (Fsp3) is 0.143. The average Bonchev–Trinajstić information content (AvgIpc) is 2.91. The van der Waals surface area contributed by atoms with Crippen molar-refractivity contribution in [2.75, 3.05) is 12.4 Å². The number of aryl methyl sites for hydroxylation is 1. The van der Waals surface area contributed by atoms with Crippen LogP contribution in [0.15, 0.2) is 46.9 Å². The van der Waals surface area contributed by atoms with E-state index < -0.39 is 27.4 Å². The van der Waals surface area contributed by atoms with Crippen molar-refractivity contribution >= 4 is 32.3 Å². The minimum Gasteiger partial charge on any atom is -0.859 e. The molecule has 0 aliphatic carbocycles. The molecule has 2 aromatic rings. The molecule has 2 heterocycles. The van der Waals surface area contributed by atoms with Gasteiger partial charge in [0.25, 0.3) is 10.0 Å². The number of carbonyl (C=O) groups is 1. The van der Waals surface area contributed by atoms with E-state index in [1.165, 1.54) is 36.6 Å². The monoisotopic (exact) mass is 391 g/mol. The number of aromatic nitrogens is 1. The fourth-order valence-corrected chi connectivity index (χ4v) is 4.28. The van der Waals surface area contributed by atoms with Crippen LogP contribution < -0.4 is 40.0 Å². The number of rotatable bonds is 2. The zero-order valence-electron chi connectivity index (χ0n) is 13.7. The van der Waals surface area contributed by atoms with Crippen molar-refractivity contribution in [3.8, 4) is 0 Å². The first-order valence-electron chi connectivity index (χ1n) is 6.56. The molecule has 0 atom stereocenters. The topological polar surface area (TPSA) is 134 Å². The summed E-state index contributed by atoms with van der Waals surface area (Å²) in [6.07, 6.45) is 1.57. The van der Waals surface area contributed by atoms with Gasteiger partial charge < -0.3 is 15.9 Å². The first-order valence-corrected chi connectivity index (χ1v) is 8.81. The molecular formula is C14H14N3NaO5S2. The van der Waals surface area contributed by atoms with Gasteiger partial charge in [-0.2, -0.15) is 0 Å². The zero-order chi connectivity index (χ0) is 16.8. The normalized spacial score (nSPS) is 17.0. The van der Waals surface area contributed by atoms with Crippen molar-refractivity contribution in [2.45, 2.75) is 11.8 Å². The first kappa shape index (κ1) is 21.6. The van der Waals surface area contributed by atoms with Crippen LogP contribution in [0.4, 0.5) is 5.13 Å². The molecule has 1 aromatic carbocycles. The smallest absolute Gasteiger partial charge is 0.859 e. The number of carbonyl (C=O) groups excluding carboxylic acids is 1. The largest absolute Gasteiger partial charge is 1.00 e. The summed E-state index contributed by atoms with van der Waals surface area (Å²) in [5, 5.41) is 15.2. The van der Waals surface area contributed by atoms with Crippen molar-refractivity contribution in [1.29, 1.82) is 0 Å². The SMILES string of the molecule is Cc1cnc(N/C([O-])=C2/C(=O)c3ccccc3S(=O)(=O)N2C)s1.O.[Na+]. The summed E-state index contributed by atoms with van der Waals surface area (Å²) in [4.78, 5) is 17.3. The minimum absolute atomic E-state index is 0. The Bertz CT molecular complexity index is 939. The Kier molecular flexibility index (Phi) is 6.79. The van der Waals surface area contributed by atoms with E-state index >= 15 is 0 Å². The van der Waals surface area contributed by atoms with E-state index in [1.54, 1.807) is 12.3 Å². The Morgan fingerprint density at radius 2 is 1.96 bits per heavy atom. The van der Waals surface area contributed by atoms with Gasteiger partial charge in [-0.15, -0.1) is 11.3 Å². The molecule has 11 heteroatoms. The second kappa shape index (κ2) is 7.85. The molecular weight excluding hydrogens is 377 g/mol. The number of hydrogen-bond donors (Lipinski definition) is 1. The van der Waals surface area contributed by atoms with Crippen molar-refractivity contribution in [3.05, 3.63) is 52.5 Å². The van der Waals surface area contributed by atoms with Crippen LogP contribution in [-0.2, 0) is 10.0 Å².